The first-order chi connectivity index (χ1) is 8.31. The maximum atomic E-state index is 5.85. The molecule has 0 aliphatic heterocycles. The lowest BCUT2D eigenvalue weighted by molar-refractivity contribution is 0.912. The molecular weight excluding hydrogens is 232 g/mol. The molecule has 2 aromatic rings. The quantitative estimate of drug-likeness (QED) is 0.809. The number of nitrogens with zero attached hydrogens (tertiary/aromatic N) is 1. The molecule has 17 heavy (non-hydrogen) atoms. The van der Waals surface area contributed by atoms with E-state index in [-0.39, 0.29) is 0 Å². The molecule has 0 fully saturated rings. The van der Waals surface area contributed by atoms with Gasteiger partial charge in [-0.2, -0.15) is 0 Å². The minimum Gasteiger partial charge on any atom is -0.355 e. The Bertz CT molecular complexity index is 552. The topological polar surface area (TPSA) is 24.9 Å². The lowest BCUT2D eigenvalue weighted by Gasteiger charge is -2.08. The molecule has 1 aliphatic carbocycles. The van der Waals surface area contributed by atoms with Crippen LogP contribution in [0.25, 0.3) is 0 Å². The molecule has 1 N–H and O–H groups in total. The van der Waals surface area contributed by atoms with Gasteiger partial charge in [0.25, 0.3) is 0 Å². The minimum absolute atomic E-state index is 0.510. The summed E-state index contributed by atoms with van der Waals surface area (Å²) in [6.45, 7) is 0. The number of hydrogen-bond donors (Lipinski definition) is 1. The van der Waals surface area contributed by atoms with Crippen molar-refractivity contribution in [1.29, 1.82) is 0 Å². The summed E-state index contributed by atoms with van der Waals surface area (Å²) >= 11 is 5.85. The van der Waals surface area contributed by atoms with Gasteiger partial charge in [-0.3, -0.25) is 0 Å². The predicted octanol–water partition coefficient (Wildman–Crippen LogP) is 3.97. The van der Waals surface area contributed by atoms with Crippen molar-refractivity contribution in [3.05, 3.63) is 52.8 Å². The van der Waals surface area contributed by atoms with E-state index in [1.807, 2.05) is 12.1 Å². The van der Waals surface area contributed by atoms with Crippen molar-refractivity contribution in [3.63, 3.8) is 0 Å². The van der Waals surface area contributed by atoms with Crippen molar-refractivity contribution in [2.45, 2.75) is 19.3 Å². The smallest absolute Gasteiger partial charge is 0.131 e. The average molecular weight is 245 g/mol. The van der Waals surface area contributed by atoms with Gasteiger partial charge in [0.2, 0.25) is 0 Å². The Balaban J connectivity index is 1.86. The van der Waals surface area contributed by atoms with Gasteiger partial charge < -0.3 is 5.32 Å². The Morgan fingerprint density at radius 2 is 1.82 bits per heavy atom. The highest BCUT2D eigenvalue weighted by Gasteiger charge is 2.10. The summed E-state index contributed by atoms with van der Waals surface area (Å²) in [6, 6.07) is 10.3. The van der Waals surface area contributed by atoms with E-state index in [1.165, 1.54) is 30.4 Å². The van der Waals surface area contributed by atoms with Crippen molar-refractivity contribution >= 4 is 23.0 Å². The third-order valence-electron chi connectivity index (χ3n) is 3.11. The second kappa shape index (κ2) is 4.38. The summed E-state index contributed by atoms with van der Waals surface area (Å²) < 4.78 is 0. The van der Waals surface area contributed by atoms with Crippen LogP contribution in [0.4, 0.5) is 11.4 Å². The maximum Gasteiger partial charge on any atom is 0.131 e. The van der Waals surface area contributed by atoms with Gasteiger partial charge in [0.15, 0.2) is 0 Å². The molecule has 0 bridgehead atoms. The van der Waals surface area contributed by atoms with Crippen molar-refractivity contribution in [2.24, 2.45) is 0 Å². The third kappa shape index (κ3) is 2.27. The van der Waals surface area contributed by atoms with Crippen LogP contribution in [-0.4, -0.2) is 4.98 Å². The largest absolute Gasteiger partial charge is 0.355 e. The first kappa shape index (κ1) is 10.6. The SMILES string of the molecule is Clc1cc(Nc2ccc3c(c2)CCC3)ccn1. The molecule has 1 aromatic heterocycles. The number of anilines is 2. The van der Waals surface area contributed by atoms with Gasteiger partial charge >= 0.3 is 0 Å². The zero-order valence-electron chi connectivity index (χ0n) is 9.41. The van der Waals surface area contributed by atoms with Crippen LogP contribution in [0.3, 0.4) is 0 Å². The minimum atomic E-state index is 0.510. The Labute approximate surface area is 106 Å². The van der Waals surface area contributed by atoms with Crippen LogP contribution in [0, 0.1) is 0 Å². The number of rotatable bonds is 2. The number of aromatic nitrogens is 1. The van der Waals surface area contributed by atoms with E-state index in [1.54, 1.807) is 6.20 Å². The van der Waals surface area contributed by atoms with Gasteiger partial charge in [-0.15, -0.1) is 0 Å². The predicted molar refractivity (Wildman–Crippen MR) is 71.0 cm³/mol. The zero-order valence-corrected chi connectivity index (χ0v) is 10.2. The van der Waals surface area contributed by atoms with E-state index in [0.29, 0.717) is 5.15 Å². The lowest BCUT2D eigenvalue weighted by atomic mass is 10.1. The van der Waals surface area contributed by atoms with Gasteiger partial charge in [-0.25, -0.2) is 4.98 Å². The van der Waals surface area contributed by atoms with Crippen LogP contribution >= 0.6 is 11.6 Å². The van der Waals surface area contributed by atoms with E-state index in [2.05, 4.69) is 28.5 Å². The summed E-state index contributed by atoms with van der Waals surface area (Å²) in [5.41, 5.74) is 5.05. The van der Waals surface area contributed by atoms with Crippen LogP contribution in [0.15, 0.2) is 36.5 Å². The Morgan fingerprint density at radius 1 is 1.00 bits per heavy atom. The highest BCUT2D eigenvalue weighted by Crippen LogP contribution is 2.26. The standard InChI is InChI=1S/C14H13ClN2/c15-14-9-13(6-7-16-14)17-12-5-4-10-2-1-3-11(10)8-12/h4-9H,1-3H2,(H,16,17). The molecule has 3 heteroatoms. The van der Waals surface area contributed by atoms with E-state index in [4.69, 9.17) is 11.6 Å². The van der Waals surface area contributed by atoms with Crippen molar-refractivity contribution in [2.75, 3.05) is 5.32 Å². The Morgan fingerprint density at radius 3 is 2.71 bits per heavy atom. The van der Waals surface area contributed by atoms with Gasteiger partial charge in [0.05, 0.1) is 0 Å². The number of nitrogens with one attached hydrogen (secondary N) is 1. The summed E-state index contributed by atoms with van der Waals surface area (Å²) in [5.74, 6) is 0. The highest BCUT2D eigenvalue weighted by molar-refractivity contribution is 6.29. The van der Waals surface area contributed by atoms with Gasteiger partial charge in [-0.05, 0) is 54.7 Å². The van der Waals surface area contributed by atoms with Gasteiger partial charge in [0.1, 0.15) is 5.15 Å². The summed E-state index contributed by atoms with van der Waals surface area (Å²) in [7, 11) is 0. The monoisotopic (exact) mass is 244 g/mol. The fraction of sp³-hybridized carbons (Fsp3) is 0.214. The molecule has 1 aliphatic rings. The van der Waals surface area contributed by atoms with Crippen molar-refractivity contribution in [3.8, 4) is 0 Å². The van der Waals surface area contributed by atoms with E-state index < -0.39 is 0 Å². The van der Waals surface area contributed by atoms with Gasteiger partial charge in [-0.1, -0.05) is 17.7 Å². The van der Waals surface area contributed by atoms with Crippen molar-refractivity contribution in [1.82, 2.24) is 4.98 Å². The van der Waals surface area contributed by atoms with Crippen LogP contribution in [-0.2, 0) is 12.8 Å². The molecule has 0 unspecified atom stereocenters. The molecule has 0 atom stereocenters. The number of pyridine rings is 1. The van der Waals surface area contributed by atoms with Gasteiger partial charge in [0, 0.05) is 17.6 Å². The zero-order chi connectivity index (χ0) is 11.7. The molecule has 0 spiro atoms. The number of aryl methyl sites for hydroxylation is 2. The van der Waals surface area contributed by atoms with Crippen molar-refractivity contribution < 1.29 is 0 Å². The lowest BCUT2D eigenvalue weighted by Crippen LogP contribution is -1.92. The molecule has 1 aromatic carbocycles. The van der Waals surface area contributed by atoms with Crippen LogP contribution in [0.5, 0.6) is 0 Å². The molecule has 0 saturated heterocycles. The molecule has 2 nitrogen and oxygen atoms in total. The maximum absolute atomic E-state index is 5.85. The third-order valence-corrected chi connectivity index (χ3v) is 3.32. The summed E-state index contributed by atoms with van der Waals surface area (Å²) in [5, 5.41) is 3.86. The first-order valence-electron chi connectivity index (χ1n) is 5.82. The second-order valence-corrected chi connectivity index (χ2v) is 4.72. The molecule has 1 heterocycles. The molecule has 0 radical (unpaired) electrons. The first-order valence-corrected chi connectivity index (χ1v) is 6.19. The van der Waals surface area contributed by atoms with E-state index in [0.717, 1.165) is 11.4 Å². The number of hydrogen-bond acceptors (Lipinski definition) is 2. The van der Waals surface area contributed by atoms with E-state index >= 15 is 0 Å². The van der Waals surface area contributed by atoms with Crippen LogP contribution in [0.1, 0.15) is 17.5 Å². The number of fused-ring (bicyclic) bond motifs is 1. The number of halogens is 1. The van der Waals surface area contributed by atoms with Crippen LogP contribution < -0.4 is 5.32 Å². The molecule has 0 saturated carbocycles. The summed E-state index contributed by atoms with van der Waals surface area (Å²) in [6.07, 6.45) is 5.40. The number of benzene rings is 1. The molecular formula is C14H13ClN2. The Kier molecular flexibility index (Phi) is 2.73. The van der Waals surface area contributed by atoms with E-state index in [9.17, 15) is 0 Å². The Hall–Kier alpha value is -1.54. The fourth-order valence-corrected chi connectivity index (χ4v) is 2.47. The average Bonchev–Trinajstić information content (AvgIpc) is 2.76. The molecule has 0 amide bonds. The summed E-state index contributed by atoms with van der Waals surface area (Å²) in [4.78, 5) is 3.96. The normalized spacial score (nSPS) is 13.5. The highest BCUT2D eigenvalue weighted by atomic mass is 35.5. The second-order valence-electron chi connectivity index (χ2n) is 4.33. The molecule has 86 valence electrons. The van der Waals surface area contributed by atoms with Crippen LogP contribution in [0.2, 0.25) is 5.15 Å². The molecule has 3 rings (SSSR count). The fourth-order valence-electron chi connectivity index (χ4n) is 2.30.